The number of ether oxygens (including phenoxy) is 2. The summed E-state index contributed by atoms with van der Waals surface area (Å²) in [6.45, 7) is 4.45. The number of hydrogen-bond acceptors (Lipinski definition) is 3. The van der Waals surface area contributed by atoms with E-state index in [2.05, 4.69) is 13.8 Å². The minimum Gasteiger partial charge on any atom is -0.462 e. The predicted molar refractivity (Wildman–Crippen MR) is 75.0 cm³/mol. The second-order valence-corrected chi connectivity index (χ2v) is 7.73. The highest BCUT2D eigenvalue weighted by atomic mass is 16.6. The number of fused-ring (bicyclic) bond motifs is 2. The first-order valence-electron chi connectivity index (χ1n) is 8.47. The van der Waals surface area contributed by atoms with E-state index < -0.39 is 0 Å². The topological polar surface area (TPSA) is 38.8 Å². The molecule has 8 atom stereocenters. The average Bonchev–Trinajstić information content (AvgIpc) is 3.30. The Hall–Kier alpha value is -0.570. The van der Waals surface area contributed by atoms with Crippen LogP contribution in [0.4, 0.5) is 0 Å². The third-order valence-corrected chi connectivity index (χ3v) is 6.29. The number of carbonyl (C=O) groups excluding carboxylic acids is 1. The van der Waals surface area contributed by atoms with Gasteiger partial charge in [-0.05, 0) is 69.1 Å². The van der Waals surface area contributed by atoms with Crippen molar-refractivity contribution in [3.8, 4) is 0 Å². The SMILES string of the molecule is CC1CC2CC2CC1C(C)OC(=O)C1CCC2OC2C1. The molecule has 3 aliphatic carbocycles. The Bertz CT molecular complexity index is 407. The predicted octanol–water partition coefficient (Wildman–Crippen LogP) is 3.17. The third kappa shape index (κ3) is 2.38. The molecule has 3 saturated carbocycles. The molecule has 0 bridgehead atoms. The van der Waals surface area contributed by atoms with Gasteiger partial charge in [0.1, 0.15) is 6.10 Å². The molecule has 1 saturated heterocycles. The summed E-state index contributed by atoms with van der Waals surface area (Å²) in [6.07, 6.45) is 7.85. The van der Waals surface area contributed by atoms with Gasteiger partial charge in [0.25, 0.3) is 0 Å². The second kappa shape index (κ2) is 4.72. The van der Waals surface area contributed by atoms with Crippen molar-refractivity contribution in [2.45, 2.75) is 70.7 Å². The standard InChI is InChI=1S/C17H26O3/c1-9-5-12-6-13(12)7-14(9)10(2)19-17(18)11-3-4-15-16(8-11)20-15/h9-16H,3-8H2,1-2H3. The molecule has 1 heterocycles. The summed E-state index contributed by atoms with van der Waals surface area (Å²) in [5.74, 6) is 3.35. The number of rotatable bonds is 3. The molecular weight excluding hydrogens is 252 g/mol. The Morgan fingerprint density at radius 3 is 2.70 bits per heavy atom. The van der Waals surface area contributed by atoms with Crippen LogP contribution in [0.3, 0.4) is 0 Å². The van der Waals surface area contributed by atoms with Gasteiger partial charge in [0, 0.05) is 0 Å². The van der Waals surface area contributed by atoms with Crippen LogP contribution >= 0.6 is 0 Å². The van der Waals surface area contributed by atoms with E-state index in [0.29, 0.717) is 24.0 Å². The van der Waals surface area contributed by atoms with Crippen LogP contribution in [-0.2, 0) is 14.3 Å². The molecule has 3 nitrogen and oxygen atoms in total. The van der Waals surface area contributed by atoms with E-state index in [-0.39, 0.29) is 18.0 Å². The van der Waals surface area contributed by atoms with Crippen molar-refractivity contribution in [2.75, 3.05) is 0 Å². The Kier molecular flexibility index (Phi) is 3.10. The van der Waals surface area contributed by atoms with Gasteiger partial charge in [-0.3, -0.25) is 4.79 Å². The molecule has 0 aromatic heterocycles. The zero-order chi connectivity index (χ0) is 13.9. The number of epoxide rings is 1. The molecular formula is C17H26O3. The molecule has 0 aromatic rings. The fraction of sp³-hybridized carbons (Fsp3) is 0.941. The molecule has 4 aliphatic rings. The van der Waals surface area contributed by atoms with Gasteiger partial charge in [0.05, 0.1) is 18.1 Å². The van der Waals surface area contributed by atoms with Crippen LogP contribution in [0.5, 0.6) is 0 Å². The van der Waals surface area contributed by atoms with Crippen LogP contribution in [0, 0.1) is 29.6 Å². The largest absolute Gasteiger partial charge is 0.462 e. The maximum atomic E-state index is 12.3. The molecule has 20 heavy (non-hydrogen) atoms. The van der Waals surface area contributed by atoms with Gasteiger partial charge < -0.3 is 9.47 Å². The van der Waals surface area contributed by atoms with E-state index in [1.54, 1.807) is 0 Å². The lowest BCUT2D eigenvalue weighted by molar-refractivity contribution is -0.158. The summed E-state index contributed by atoms with van der Waals surface area (Å²) in [6, 6.07) is 0. The van der Waals surface area contributed by atoms with Gasteiger partial charge >= 0.3 is 5.97 Å². The number of hydrogen-bond donors (Lipinski definition) is 0. The fourth-order valence-electron chi connectivity index (χ4n) is 4.76. The molecule has 4 fully saturated rings. The highest BCUT2D eigenvalue weighted by Crippen LogP contribution is 2.54. The van der Waals surface area contributed by atoms with E-state index in [0.717, 1.165) is 31.1 Å². The first kappa shape index (κ1) is 13.1. The molecule has 0 amide bonds. The molecule has 1 aliphatic heterocycles. The molecule has 0 radical (unpaired) electrons. The molecule has 8 unspecified atom stereocenters. The lowest BCUT2D eigenvalue weighted by Gasteiger charge is -2.33. The second-order valence-electron chi connectivity index (χ2n) is 7.73. The summed E-state index contributed by atoms with van der Waals surface area (Å²) in [5, 5.41) is 0. The van der Waals surface area contributed by atoms with Crippen molar-refractivity contribution in [1.82, 2.24) is 0 Å². The van der Waals surface area contributed by atoms with Crippen molar-refractivity contribution in [3.05, 3.63) is 0 Å². The number of carbonyl (C=O) groups is 1. The highest BCUT2D eigenvalue weighted by molar-refractivity contribution is 5.73. The monoisotopic (exact) mass is 278 g/mol. The first-order valence-corrected chi connectivity index (χ1v) is 8.47. The number of esters is 1. The Labute approximate surface area is 121 Å². The summed E-state index contributed by atoms with van der Waals surface area (Å²) < 4.78 is 11.3. The summed E-state index contributed by atoms with van der Waals surface area (Å²) in [5.41, 5.74) is 0. The lowest BCUT2D eigenvalue weighted by Crippen LogP contribution is -2.34. The Morgan fingerprint density at radius 2 is 1.90 bits per heavy atom. The summed E-state index contributed by atoms with van der Waals surface area (Å²) in [4.78, 5) is 12.3. The van der Waals surface area contributed by atoms with Gasteiger partial charge in [-0.15, -0.1) is 0 Å². The van der Waals surface area contributed by atoms with Crippen LogP contribution < -0.4 is 0 Å². The van der Waals surface area contributed by atoms with Crippen LogP contribution in [0.1, 0.15) is 52.4 Å². The summed E-state index contributed by atoms with van der Waals surface area (Å²) in [7, 11) is 0. The summed E-state index contributed by atoms with van der Waals surface area (Å²) >= 11 is 0. The van der Waals surface area contributed by atoms with Crippen LogP contribution in [0.2, 0.25) is 0 Å². The van der Waals surface area contributed by atoms with Gasteiger partial charge in [0.2, 0.25) is 0 Å². The van der Waals surface area contributed by atoms with Crippen molar-refractivity contribution in [2.24, 2.45) is 29.6 Å². The zero-order valence-electron chi connectivity index (χ0n) is 12.6. The lowest BCUT2D eigenvalue weighted by atomic mass is 9.77. The molecule has 112 valence electrons. The van der Waals surface area contributed by atoms with E-state index in [4.69, 9.17) is 9.47 Å². The van der Waals surface area contributed by atoms with Gasteiger partial charge in [-0.1, -0.05) is 6.92 Å². The van der Waals surface area contributed by atoms with Crippen molar-refractivity contribution < 1.29 is 14.3 Å². The minimum atomic E-state index is 0.0385. The van der Waals surface area contributed by atoms with Crippen molar-refractivity contribution >= 4 is 5.97 Å². The maximum absolute atomic E-state index is 12.3. The van der Waals surface area contributed by atoms with Crippen LogP contribution in [0.15, 0.2) is 0 Å². The van der Waals surface area contributed by atoms with Crippen LogP contribution in [-0.4, -0.2) is 24.3 Å². The molecule has 0 aromatic carbocycles. The van der Waals surface area contributed by atoms with E-state index in [1.165, 1.54) is 19.3 Å². The smallest absolute Gasteiger partial charge is 0.309 e. The third-order valence-electron chi connectivity index (χ3n) is 6.29. The Balaban J connectivity index is 1.32. The molecule has 0 spiro atoms. The molecule has 4 rings (SSSR count). The normalized spacial score (nSPS) is 50.6. The fourth-order valence-corrected chi connectivity index (χ4v) is 4.76. The van der Waals surface area contributed by atoms with Gasteiger partial charge in [-0.25, -0.2) is 0 Å². The molecule has 0 N–H and O–H groups in total. The van der Waals surface area contributed by atoms with Gasteiger partial charge in [0.15, 0.2) is 0 Å². The van der Waals surface area contributed by atoms with E-state index >= 15 is 0 Å². The first-order chi connectivity index (χ1) is 9.61. The van der Waals surface area contributed by atoms with E-state index in [1.807, 2.05) is 0 Å². The van der Waals surface area contributed by atoms with Gasteiger partial charge in [-0.2, -0.15) is 0 Å². The van der Waals surface area contributed by atoms with Crippen LogP contribution in [0.25, 0.3) is 0 Å². The average molecular weight is 278 g/mol. The quantitative estimate of drug-likeness (QED) is 0.588. The molecule has 3 heteroatoms. The maximum Gasteiger partial charge on any atom is 0.309 e. The van der Waals surface area contributed by atoms with E-state index in [9.17, 15) is 4.79 Å². The van der Waals surface area contributed by atoms with Crippen molar-refractivity contribution in [1.29, 1.82) is 0 Å². The Morgan fingerprint density at radius 1 is 1.10 bits per heavy atom. The minimum absolute atomic E-state index is 0.0385. The zero-order valence-corrected chi connectivity index (χ0v) is 12.6. The highest BCUT2D eigenvalue weighted by Gasteiger charge is 2.48. The van der Waals surface area contributed by atoms with Crippen molar-refractivity contribution in [3.63, 3.8) is 0 Å².